The second-order valence-corrected chi connectivity index (χ2v) is 6.36. The van der Waals surface area contributed by atoms with Crippen molar-refractivity contribution in [3.05, 3.63) is 35.9 Å². The van der Waals surface area contributed by atoms with Gasteiger partial charge in [-0.15, -0.1) is 0 Å². The van der Waals surface area contributed by atoms with E-state index in [2.05, 4.69) is 15.5 Å². The summed E-state index contributed by atoms with van der Waals surface area (Å²) >= 11 is 0. The summed E-state index contributed by atoms with van der Waals surface area (Å²) < 4.78 is 11.2. The van der Waals surface area contributed by atoms with Crippen LogP contribution in [0, 0.1) is 0 Å². The molecular weight excluding hydrogens is 322 g/mol. The molecule has 0 aliphatic carbocycles. The molecule has 3 amide bonds. The van der Waals surface area contributed by atoms with Gasteiger partial charge >= 0.3 is 6.03 Å². The van der Waals surface area contributed by atoms with Crippen LogP contribution in [0.15, 0.2) is 30.3 Å². The maximum atomic E-state index is 12.2. The molecule has 2 heterocycles. The molecule has 2 fully saturated rings. The molecule has 0 radical (unpaired) electrons. The first-order valence-electron chi connectivity index (χ1n) is 8.81. The van der Waals surface area contributed by atoms with E-state index in [0.29, 0.717) is 19.8 Å². The highest BCUT2D eigenvalue weighted by Crippen LogP contribution is 2.23. The zero-order valence-electron chi connectivity index (χ0n) is 14.3. The monoisotopic (exact) mass is 347 g/mol. The van der Waals surface area contributed by atoms with E-state index in [0.717, 1.165) is 31.4 Å². The Bertz CT molecular complexity index is 575. The largest absolute Gasteiger partial charge is 0.349 e. The number of imide groups is 1. The van der Waals surface area contributed by atoms with Gasteiger partial charge in [-0.3, -0.25) is 15.0 Å². The molecule has 1 atom stereocenters. The SMILES string of the molecule is O=C(CN1CCCC[C@@H]1C1OCCO1)NC(=O)NCc1ccccc1. The van der Waals surface area contributed by atoms with E-state index in [9.17, 15) is 9.59 Å². The number of benzene rings is 1. The Balaban J connectivity index is 1.44. The number of carbonyl (C=O) groups excluding carboxylic acids is 2. The number of nitrogens with one attached hydrogen (secondary N) is 2. The highest BCUT2D eigenvalue weighted by Gasteiger charge is 2.34. The molecule has 3 rings (SSSR count). The van der Waals surface area contributed by atoms with Crippen LogP contribution >= 0.6 is 0 Å². The molecule has 7 heteroatoms. The van der Waals surface area contributed by atoms with Gasteiger partial charge in [0, 0.05) is 6.54 Å². The molecule has 2 saturated heterocycles. The lowest BCUT2D eigenvalue weighted by molar-refractivity contribution is -0.130. The minimum absolute atomic E-state index is 0.0781. The van der Waals surface area contributed by atoms with Crippen LogP contribution in [-0.4, -0.2) is 55.5 Å². The summed E-state index contributed by atoms with van der Waals surface area (Å²) in [7, 11) is 0. The van der Waals surface area contributed by atoms with Gasteiger partial charge in [0.15, 0.2) is 6.29 Å². The van der Waals surface area contributed by atoms with Crippen molar-refractivity contribution >= 4 is 11.9 Å². The summed E-state index contributed by atoms with van der Waals surface area (Å²) in [5, 5.41) is 5.09. The number of hydrogen-bond acceptors (Lipinski definition) is 5. The van der Waals surface area contributed by atoms with Gasteiger partial charge in [-0.2, -0.15) is 0 Å². The first-order chi connectivity index (χ1) is 12.2. The predicted molar refractivity (Wildman–Crippen MR) is 91.7 cm³/mol. The normalized spacial score (nSPS) is 21.8. The van der Waals surface area contributed by atoms with Crippen LogP contribution in [0.1, 0.15) is 24.8 Å². The van der Waals surface area contributed by atoms with Crippen LogP contribution in [-0.2, 0) is 20.8 Å². The number of carbonyl (C=O) groups is 2. The second-order valence-electron chi connectivity index (χ2n) is 6.36. The Morgan fingerprint density at radius 3 is 2.64 bits per heavy atom. The first kappa shape index (κ1) is 17.8. The summed E-state index contributed by atoms with van der Waals surface area (Å²) in [6.07, 6.45) is 2.82. The molecule has 7 nitrogen and oxygen atoms in total. The minimum Gasteiger partial charge on any atom is -0.349 e. The Hall–Kier alpha value is -1.96. The Morgan fingerprint density at radius 2 is 1.88 bits per heavy atom. The molecule has 0 saturated carbocycles. The molecule has 1 aromatic carbocycles. The Labute approximate surface area is 147 Å². The van der Waals surface area contributed by atoms with Gasteiger partial charge in [0.1, 0.15) is 0 Å². The maximum Gasteiger partial charge on any atom is 0.321 e. The molecule has 2 aliphatic heterocycles. The van der Waals surface area contributed by atoms with Crippen molar-refractivity contribution in [1.82, 2.24) is 15.5 Å². The van der Waals surface area contributed by atoms with Gasteiger partial charge in [-0.05, 0) is 24.9 Å². The molecule has 136 valence electrons. The number of nitrogens with zero attached hydrogens (tertiary/aromatic N) is 1. The van der Waals surface area contributed by atoms with Gasteiger partial charge in [-0.1, -0.05) is 36.8 Å². The Morgan fingerprint density at radius 1 is 1.12 bits per heavy atom. The van der Waals surface area contributed by atoms with E-state index in [1.54, 1.807) is 0 Å². The van der Waals surface area contributed by atoms with Crippen molar-refractivity contribution < 1.29 is 19.1 Å². The van der Waals surface area contributed by atoms with Gasteiger partial charge in [0.25, 0.3) is 0 Å². The third kappa shape index (κ3) is 5.26. The summed E-state index contributed by atoms with van der Waals surface area (Å²) in [6, 6.07) is 9.17. The van der Waals surface area contributed by atoms with E-state index in [-0.39, 0.29) is 24.8 Å². The Kier molecular flexibility index (Phi) is 6.38. The van der Waals surface area contributed by atoms with E-state index in [1.807, 2.05) is 30.3 Å². The lowest BCUT2D eigenvalue weighted by Crippen LogP contribution is -2.52. The fourth-order valence-corrected chi connectivity index (χ4v) is 3.29. The van der Waals surface area contributed by atoms with Crippen LogP contribution in [0.5, 0.6) is 0 Å². The predicted octanol–water partition coefficient (Wildman–Crippen LogP) is 1.24. The summed E-state index contributed by atoms with van der Waals surface area (Å²) in [4.78, 5) is 26.1. The topological polar surface area (TPSA) is 79.9 Å². The molecule has 2 aliphatic rings. The molecule has 0 aromatic heterocycles. The van der Waals surface area contributed by atoms with Crippen LogP contribution in [0.2, 0.25) is 0 Å². The highest BCUT2D eigenvalue weighted by atomic mass is 16.7. The van der Waals surface area contributed by atoms with Crippen molar-refractivity contribution in [2.45, 2.75) is 38.1 Å². The molecule has 1 aromatic rings. The lowest BCUT2D eigenvalue weighted by atomic mass is 10.0. The third-order valence-electron chi connectivity index (χ3n) is 4.52. The minimum atomic E-state index is -0.476. The van der Waals surface area contributed by atoms with Gasteiger partial charge < -0.3 is 14.8 Å². The summed E-state index contributed by atoms with van der Waals surface area (Å²) in [5.41, 5.74) is 0.983. The van der Waals surface area contributed by atoms with Gasteiger partial charge in [0.05, 0.1) is 25.8 Å². The smallest absolute Gasteiger partial charge is 0.321 e. The molecule has 0 bridgehead atoms. The zero-order valence-corrected chi connectivity index (χ0v) is 14.3. The zero-order chi connectivity index (χ0) is 17.5. The van der Waals surface area contributed by atoms with Crippen LogP contribution in [0.25, 0.3) is 0 Å². The first-order valence-corrected chi connectivity index (χ1v) is 8.81. The fraction of sp³-hybridized carbons (Fsp3) is 0.556. The lowest BCUT2D eigenvalue weighted by Gasteiger charge is -2.37. The number of piperidine rings is 1. The average Bonchev–Trinajstić information content (AvgIpc) is 3.16. The molecular formula is C18H25N3O4. The number of amides is 3. The average molecular weight is 347 g/mol. The van der Waals surface area contributed by atoms with Gasteiger partial charge in [0.2, 0.25) is 5.91 Å². The molecule has 25 heavy (non-hydrogen) atoms. The summed E-state index contributed by atoms with van der Waals surface area (Å²) in [6.45, 7) is 2.57. The van der Waals surface area contributed by atoms with Crippen molar-refractivity contribution in [2.24, 2.45) is 0 Å². The molecule has 0 spiro atoms. The molecule has 2 N–H and O–H groups in total. The van der Waals surface area contributed by atoms with Crippen molar-refractivity contribution in [2.75, 3.05) is 26.3 Å². The number of ether oxygens (including phenoxy) is 2. The maximum absolute atomic E-state index is 12.2. The van der Waals surface area contributed by atoms with E-state index >= 15 is 0 Å². The standard InChI is InChI=1S/C18H25N3O4/c22-16(20-18(23)19-12-14-6-2-1-3-7-14)13-21-9-5-4-8-15(21)17-24-10-11-25-17/h1-3,6-7,15,17H,4-5,8-13H2,(H2,19,20,22,23)/t15-/m1/s1. The number of hydrogen-bond donors (Lipinski definition) is 2. The van der Waals surface area contributed by atoms with E-state index in [1.165, 1.54) is 0 Å². The quantitative estimate of drug-likeness (QED) is 0.838. The van der Waals surface area contributed by atoms with Crippen molar-refractivity contribution in [3.63, 3.8) is 0 Å². The highest BCUT2D eigenvalue weighted by molar-refractivity contribution is 5.95. The molecule has 0 unspecified atom stereocenters. The third-order valence-corrected chi connectivity index (χ3v) is 4.52. The fourth-order valence-electron chi connectivity index (χ4n) is 3.29. The van der Waals surface area contributed by atoms with E-state index in [4.69, 9.17) is 9.47 Å². The number of urea groups is 1. The number of likely N-dealkylation sites (tertiary alicyclic amines) is 1. The van der Waals surface area contributed by atoms with Gasteiger partial charge in [-0.25, -0.2) is 4.79 Å². The van der Waals surface area contributed by atoms with Crippen LogP contribution in [0.4, 0.5) is 4.79 Å². The second kappa shape index (κ2) is 8.94. The van der Waals surface area contributed by atoms with Crippen molar-refractivity contribution in [3.8, 4) is 0 Å². The van der Waals surface area contributed by atoms with Crippen molar-refractivity contribution in [1.29, 1.82) is 0 Å². The van der Waals surface area contributed by atoms with E-state index < -0.39 is 6.03 Å². The van der Waals surface area contributed by atoms with Crippen LogP contribution < -0.4 is 10.6 Å². The summed E-state index contributed by atoms with van der Waals surface area (Å²) in [5.74, 6) is -0.310. The number of rotatable bonds is 5. The van der Waals surface area contributed by atoms with Crippen LogP contribution in [0.3, 0.4) is 0 Å².